The topological polar surface area (TPSA) is 164 Å². The number of amides is 1. The van der Waals surface area contributed by atoms with Gasteiger partial charge in [-0.25, -0.2) is 14.6 Å². The van der Waals surface area contributed by atoms with Crippen LogP contribution in [-0.2, 0) is 6.54 Å². The van der Waals surface area contributed by atoms with E-state index in [0.29, 0.717) is 66.7 Å². The predicted octanol–water partition coefficient (Wildman–Crippen LogP) is 2.82. The smallest absolute Gasteiger partial charge is 0.253 e. The zero-order valence-corrected chi connectivity index (χ0v) is 22.6. The lowest BCUT2D eigenvalue weighted by Gasteiger charge is -2.29. The normalized spacial score (nSPS) is 14.2. The third-order valence-corrected chi connectivity index (χ3v) is 6.70. The number of benzene rings is 2. The molecule has 1 aliphatic heterocycles. The average molecular weight is 556 g/mol. The molecule has 0 bridgehead atoms. The van der Waals surface area contributed by atoms with Crippen molar-refractivity contribution in [3.05, 3.63) is 66.2 Å². The highest BCUT2D eigenvalue weighted by Crippen LogP contribution is 2.30. The number of nitrogens with zero attached hydrogens (tertiary/aromatic N) is 8. The summed E-state index contributed by atoms with van der Waals surface area (Å²) in [6.45, 7) is 3.31. The number of hydrogen-bond acceptors (Lipinski definition) is 11. The molecule has 1 aliphatic rings. The quantitative estimate of drug-likeness (QED) is 0.312. The number of carbonyl (C=O) groups excluding carboxylic acids is 1. The van der Waals surface area contributed by atoms with E-state index in [2.05, 4.69) is 36.9 Å². The Bertz CT molecular complexity index is 1530. The number of aliphatic hydroxyl groups excluding tert-OH is 1. The first-order valence-electron chi connectivity index (χ1n) is 13.1. The molecule has 1 fully saturated rings. The molecule has 2 aromatic carbocycles. The Morgan fingerprint density at radius 2 is 1.93 bits per heavy atom. The van der Waals surface area contributed by atoms with Crippen molar-refractivity contribution in [1.82, 2.24) is 35.1 Å². The Balaban J connectivity index is 1.31. The van der Waals surface area contributed by atoms with Crippen LogP contribution in [0.3, 0.4) is 0 Å². The zero-order valence-electron chi connectivity index (χ0n) is 22.6. The second kappa shape index (κ2) is 12.4. The van der Waals surface area contributed by atoms with Gasteiger partial charge >= 0.3 is 0 Å². The SMILES string of the molecule is COc1ccc(C(=O)N2CCC(O)CC2)cc1Nc1ncc(-c2ccc(C#N)c(O[C@@H](C)Cn3cnnn3)c2)cn1. The number of tetrazole rings is 1. The minimum Gasteiger partial charge on any atom is -0.495 e. The summed E-state index contributed by atoms with van der Waals surface area (Å²) in [6, 6.07) is 12.6. The Hall–Kier alpha value is -5.09. The maximum Gasteiger partial charge on any atom is 0.253 e. The van der Waals surface area contributed by atoms with E-state index >= 15 is 0 Å². The molecule has 2 N–H and O–H groups in total. The van der Waals surface area contributed by atoms with Crippen LogP contribution in [0.4, 0.5) is 11.6 Å². The number of piperidine rings is 1. The Labute approximate surface area is 236 Å². The van der Waals surface area contributed by atoms with Gasteiger partial charge in [-0.3, -0.25) is 4.79 Å². The molecule has 4 aromatic rings. The molecule has 0 saturated carbocycles. The molecule has 0 aliphatic carbocycles. The molecule has 1 atom stereocenters. The summed E-state index contributed by atoms with van der Waals surface area (Å²) in [5.74, 6) is 1.18. The van der Waals surface area contributed by atoms with E-state index in [4.69, 9.17) is 9.47 Å². The van der Waals surface area contributed by atoms with Gasteiger partial charge in [0.1, 0.15) is 30.0 Å². The van der Waals surface area contributed by atoms with Crippen molar-refractivity contribution < 1.29 is 19.4 Å². The summed E-state index contributed by atoms with van der Waals surface area (Å²) < 4.78 is 13.1. The molecule has 1 amide bonds. The van der Waals surface area contributed by atoms with Crippen LogP contribution in [0.15, 0.2) is 55.1 Å². The molecular weight excluding hydrogens is 526 g/mol. The van der Waals surface area contributed by atoms with Crippen molar-refractivity contribution in [2.24, 2.45) is 0 Å². The summed E-state index contributed by atoms with van der Waals surface area (Å²) in [5, 5.41) is 33.5. The van der Waals surface area contributed by atoms with Crippen LogP contribution in [0.25, 0.3) is 11.1 Å². The standard InChI is InChI=1S/C28H29N9O4/c1-18(16-37-17-32-34-35-37)41-26-12-19(3-4-21(26)13-29)22-14-30-28(31-15-22)33-24-11-20(5-6-25(24)40-2)27(39)36-9-7-23(38)8-10-36/h3-6,11-12,14-15,17-18,23,38H,7-10,16H2,1-2H3,(H,30,31,33)/t18-/m0/s1. The van der Waals surface area contributed by atoms with Gasteiger partial charge in [0.15, 0.2) is 0 Å². The molecule has 13 heteroatoms. The summed E-state index contributed by atoms with van der Waals surface area (Å²) in [6.07, 6.45) is 5.31. The number of likely N-dealkylation sites (tertiary alicyclic amines) is 1. The number of methoxy groups -OCH3 is 1. The second-order valence-electron chi connectivity index (χ2n) is 9.64. The molecule has 0 unspecified atom stereocenters. The first kappa shape index (κ1) is 27.5. The van der Waals surface area contributed by atoms with Crippen LogP contribution >= 0.6 is 0 Å². The van der Waals surface area contributed by atoms with Crippen LogP contribution in [-0.4, -0.2) is 78.5 Å². The first-order valence-corrected chi connectivity index (χ1v) is 13.1. The highest BCUT2D eigenvalue weighted by molar-refractivity contribution is 5.96. The highest BCUT2D eigenvalue weighted by atomic mass is 16.5. The molecule has 5 rings (SSSR count). The van der Waals surface area contributed by atoms with E-state index < -0.39 is 0 Å². The fraction of sp³-hybridized carbons (Fsp3) is 0.321. The molecule has 3 heterocycles. The highest BCUT2D eigenvalue weighted by Gasteiger charge is 2.23. The van der Waals surface area contributed by atoms with Gasteiger partial charge in [0.2, 0.25) is 5.95 Å². The van der Waals surface area contributed by atoms with Crippen molar-refractivity contribution in [3.63, 3.8) is 0 Å². The van der Waals surface area contributed by atoms with E-state index in [0.717, 1.165) is 11.1 Å². The predicted molar refractivity (Wildman–Crippen MR) is 148 cm³/mol. The fourth-order valence-corrected chi connectivity index (χ4v) is 4.53. The number of nitriles is 1. The summed E-state index contributed by atoms with van der Waals surface area (Å²) >= 11 is 0. The van der Waals surface area contributed by atoms with Gasteiger partial charge < -0.3 is 24.8 Å². The number of anilines is 2. The van der Waals surface area contributed by atoms with Crippen molar-refractivity contribution in [2.45, 2.75) is 38.5 Å². The van der Waals surface area contributed by atoms with Gasteiger partial charge in [0.25, 0.3) is 5.91 Å². The lowest BCUT2D eigenvalue weighted by molar-refractivity contribution is 0.0546. The van der Waals surface area contributed by atoms with E-state index in [1.165, 1.54) is 6.33 Å². The van der Waals surface area contributed by atoms with Crippen LogP contribution in [0.1, 0.15) is 35.7 Å². The lowest BCUT2D eigenvalue weighted by atomic mass is 10.1. The van der Waals surface area contributed by atoms with Gasteiger partial charge in [0, 0.05) is 36.6 Å². The third kappa shape index (κ3) is 6.56. The van der Waals surface area contributed by atoms with Gasteiger partial charge in [0.05, 0.1) is 31.0 Å². The van der Waals surface area contributed by atoms with Crippen molar-refractivity contribution in [1.29, 1.82) is 5.26 Å². The van der Waals surface area contributed by atoms with Crippen LogP contribution in [0, 0.1) is 11.3 Å². The molecule has 2 aromatic heterocycles. The van der Waals surface area contributed by atoms with Crippen molar-refractivity contribution >= 4 is 17.5 Å². The van der Waals surface area contributed by atoms with E-state index in [1.54, 1.807) is 65.5 Å². The lowest BCUT2D eigenvalue weighted by Crippen LogP contribution is -2.40. The largest absolute Gasteiger partial charge is 0.495 e. The van der Waals surface area contributed by atoms with Gasteiger partial charge in [-0.2, -0.15) is 5.26 Å². The fourth-order valence-electron chi connectivity index (χ4n) is 4.53. The monoisotopic (exact) mass is 555 g/mol. The minimum absolute atomic E-state index is 0.106. The van der Waals surface area contributed by atoms with E-state index in [9.17, 15) is 15.2 Å². The number of carbonyl (C=O) groups is 1. The first-order chi connectivity index (χ1) is 19.9. The van der Waals surface area contributed by atoms with Crippen LogP contribution in [0.5, 0.6) is 11.5 Å². The maximum atomic E-state index is 13.0. The average Bonchev–Trinajstić information content (AvgIpc) is 3.50. The molecule has 210 valence electrons. The number of ether oxygens (including phenoxy) is 2. The Morgan fingerprint density at radius 3 is 2.61 bits per heavy atom. The van der Waals surface area contributed by atoms with Crippen molar-refractivity contribution in [2.75, 3.05) is 25.5 Å². The summed E-state index contributed by atoms with van der Waals surface area (Å²) in [7, 11) is 1.55. The molecule has 1 saturated heterocycles. The molecule has 0 spiro atoms. The second-order valence-corrected chi connectivity index (χ2v) is 9.64. The number of aromatic nitrogens is 6. The third-order valence-electron chi connectivity index (χ3n) is 6.70. The zero-order chi connectivity index (χ0) is 28.8. The van der Waals surface area contributed by atoms with E-state index in [-0.39, 0.29) is 18.1 Å². The van der Waals surface area contributed by atoms with Crippen LogP contribution in [0.2, 0.25) is 0 Å². The Kier molecular flexibility index (Phi) is 8.31. The number of nitrogens with one attached hydrogen (secondary N) is 1. The molecular formula is C28H29N9O4. The van der Waals surface area contributed by atoms with Crippen molar-refractivity contribution in [3.8, 4) is 28.7 Å². The summed E-state index contributed by atoms with van der Waals surface area (Å²) in [5.41, 5.74) is 2.95. The van der Waals surface area contributed by atoms with Crippen LogP contribution < -0.4 is 14.8 Å². The molecule has 41 heavy (non-hydrogen) atoms. The maximum absolute atomic E-state index is 13.0. The van der Waals surface area contributed by atoms with E-state index in [1.807, 2.05) is 6.92 Å². The molecule has 13 nitrogen and oxygen atoms in total. The Morgan fingerprint density at radius 1 is 1.15 bits per heavy atom. The number of hydrogen-bond donors (Lipinski definition) is 2. The molecule has 0 radical (unpaired) electrons. The van der Waals surface area contributed by atoms with Gasteiger partial charge in [-0.15, -0.1) is 5.10 Å². The van der Waals surface area contributed by atoms with Gasteiger partial charge in [-0.05, 0) is 66.1 Å². The number of aliphatic hydroxyl groups is 1. The number of rotatable bonds is 9. The summed E-state index contributed by atoms with van der Waals surface area (Å²) in [4.78, 5) is 23.7. The minimum atomic E-state index is -0.359. The van der Waals surface area contributed by atoms with Gasteiger partial charge in [-0.1, -0.05) is 6.07 Å².